The zero-order valence-electron chi connectivity index (χ0n) is 29.4. The van der Waals surface area contributed by atoms with Crippen LogP contribution in [0.15, 0.2) is 24.3 Å². The van der Waals surface area contributed by atoms with Crippen LogP contribution in [0.2, 0.25) is 0 Å². The molecule has 3 aliphatic carbocycles. The van der Waals surface area contributed by atoms with E-state index in [9.17, 15) is 19.5 Å². The van der Waals surface area contributed by atoms with Crippen molar-refractivity contribution in [3.05, 3.63) is 33.4 Å². The number of rotatable bonds is 11. The molecule has 0 radical (unpaired) electrons. The van der Waals surface area contributed by atoms with E-state index in [2.05, 4.69) is 27.9 Å². The summed E-state index contributed by atoms with van der Waals surface area (Å²) < 4.78 is 26.4. The molecule has 13 nitrogen and oxygen atoms in total. The lowest BCUT2D eigenvalue weighted by Crippen LogP contribution is -2.70. The summed E-state index contributed by atoms with van der Waals surface area (Å²) in [7, 11) is 0. The zero-order valence-corrected chi connectivity index (χ0v) is 31.5. The van der Waals surface area contributed by atoms with Crippen LogP contribution in [0.4, 0.5) is 0 Å². The molecule has 51 heavy (non-hydrogen) atoms. The summed E-state index contributed by atoms with van der Waals surface area (Å²) in [5.74, 6) is -1.92. The average Bonchev–Trinajstić information content (AvgIpc) is 3.99. The highest BCUT2D eigenvalue weighted by atomic mass is 127. The highest BCUT2D eigenvalue weighted by Gasteiger charge is 2.78. The van der Waals surface area contributed by atoms with E-state index in [1.807, 2.05) is 24.3 Å². The van der Waals surface area contributed by atoms with Crippen molar-refractivity contribution in [3.63, 3.8) is 0 Å². The molecule has 0 aromatic heterocycles. The summed E-state index contributed by atoms with van der Waals surface area (Å²) in [6.07, 6.45) is 2.74. The van der Waals surface area contributed by atoms with E-state index in [4.69, 9.17) is 23.8 Å². The Bertz CT molecular complexity index is 1570. The number of benzene rings is 1. The monoisotopic (exact) mass is 821 g/mol. The highest BCUT2D eigenvalue weighted by molar-refractivity contribution is 14.1. The van der Waals surface area contributed by atoms with Crippen LogP contribution in [-0.4, -0.2) is 106 Å². The molecule has 14 heteroatoms. The molecule has 0 spiro atoms. The molecule has 4 heterocycles. The molecule has 8 rings (SSSR count). The summed E-state index contributed by atoms with van der Waals surface area (Å²) in [5, 5.41) is 14.6. The molecular formula is C37H48IN3O10. The second-order valence-corrected chi connectivity index (χ2v) is 17.7. The second-order valence-electron chi connectivity index (χ2n) is 16.5. The average molecular weight is 822 g/mol. The lowest BCUT2D eigenvalue weighted by Gasteiger charge is -2.50. The number of esters is 2. The van der Waals surface area contributed by atoms with Gasteiger partial charge in [-0.15, -0.1) is 0 Å². The molecule has 1 aromatic rings. The van der Waals surface area contributed by atoms with Gasteiger partial charge in [-0.25, -0.2) is 0 Å². The number of hydroxylamine groups is 2. The number of aliphatic hydroxyl groups excluding tert-OH is 1. The Hall–Kier alpha value is -2.37. The molecule has 278 valence electrons. The molecule has 4 saturated heterocycles. The maximum absolute atomic E-state index is 15.3. The molecular weight excluding hydrogens is 773 g/mol. The number of nitrogens with zero attached hydrogens (tertiary/aromatic N) is 2. The van der Waals surface area contributed by atoms with E-state index < -0.39 is 77.2 Å². The van der Waals surface area contributed by atoms with Gasteiger partial charge in [0, 0.05) is 34.8 Å². The maximum Gasteiger partial charge on any atom is 0.327 e. The first-order chi connectivity index (χ1) is 24.3. The van der Waals surface area contributed by atoms with Crippen molar-refractivity contribution in [2.24, 2.45) is 17.3 Å². The second kappa shape index (κ2) is 13.2. The third-order valence-electron chi connectivity index (χ3n) is 11.6. The largest absolute Gasteiger partial charge is 0.460 e. The molecule has 2 N–H and O–H groups in total. The summed E-state index contributed by atoms with van der Waals surface area (Å²) in [6.45, 7) is 5.55. The summed E-state index contributed by atoms with van der Waals surface area (Å²) in [6, 6.07) is 5.34. The maximum atomic E-state index is 15.3. The fourth-order valence-corrected chi connectivity index (χ4v) is 9.81. The Morgan fingerprint density at radius 2 is 1.82 bits per heavy atom. The molecule has 2 amide bonds. The predicted molar refractivity (Wildman–Crippen MR) is 187 cm³/mol. The third kappa shape index (κ3) is 6.38. The zero-order chi connectivity index (χ0) is 35.9. The van der Waals surface area contributed by atoms with Crippen LogP contribution in [0.5, 0.6) is 0 Å². The number of halogens is 1. The van der Waals surface area contributed by atoms with Gasteiger partial charge < -0.3 is 34.3 Å². The summed E-state index contributed by atoms with van der Waals surface area (Å²) in [5.41, 5.74) is -1.09. The number of likely N-dealkylation sites (tertiary alicyclic amines) is 1. The van der Waals surface area contributed by atoms with Crippen LogP contribution >= 0.6 is 22.6 Å². The number of nitrogens with one attached hydrogen (secondary N) is 1. The molecule has 3 saturated carbocycles. The molecule has 1 aromatic carbocycles. The first-order valence-electron chi connectivity index (χ1n) is 18.5. The van der Waals surface area contributed by atoms with Gasteiger partial charge in [0.15, 0.2) is 11.8 Å². The van der Waals surface area contributed by atoms with E-state index in [1.165, 1.54) is 0 Å². The van der Waals surface area contributed by atoms with Crippen molar-refractivity contribution >= 4 is 46.3 Å². The van der Waals surface area contributed by atoms with Crippen LogP contribution < -0.4 is 5.32 Å². The predicted octanol–water partition coefficient (Wildman–Crippen LogP) is 2.98. The summed E-state index contributed by atoms with van der Waals surface area (Å²) in [4.78, 5) is 64.0. The van der Waals surface area contributed by atoms with Crippen molar-refractivity contribution in [2.45, 2.75) is 139 Å². The van der Waals surface area contributed by atoms with Crippen LogP contribution in [0.1, 0.15) is 84.1 Å². The van der Waals surface area contributed by atoms with Crippen molar-refractivity contribution < 1.29 is 48.1 Å². The first kappa shape index (κ1) is 35.6. The first-order valence-corrected chi connectivity index (χ1v) is 19.6. The van der Waals surface area contributed by atoms with Gasteiger partial charge in [0.2, 0.25) is 11.8 Å². The number of ether oxygens (including phenoxy) is 4. The van der Waals surface area contributed by atoms with Crippen LogP contribution in [0.3, 0.4) is 0 Å². The van der Waals surface area contributed by atoms with Crippen molar-refractivity contribution in [3.8, 4) is 0 Å². The highest BCUT2D eigenvalue weighted by Crippen LogP contribution is 2.64. The van der Waals surface area contributed by atoms with Crippen molar-refractivity contribution in [2.75, 3.05) is 13.2 Å². The Balaban J connectivity index is 1.08. The van der Waals surface area contributed by atoms with E-state index in [1.54, 1.807) is 30.7 Å². The number of fused-ring (bicyclic) bond motifs is 4. The van der Waals surface area contributed by atoms with Crippen LogP contribution in [0.25, 0.3) is 0 Å². The third-order valence-corrected chi connectivity index (χ3v) is 12.3. The van der Waals surface area contributed by atoms with E-state index in [-0.39, 0.29) is 50.2 Å². The standard InChI is InChI=1S/C37H48IN3O10/c1-35(2,3)48-27(43)14-13-24(19-42)39-32(44)25-8-5-15-40(25)34(46)36-17-26-28-29(50-37(49-28,21-9-10-21)22-11-12-22)31(36)51-41(30(36)33(45)47-26)18-20-6-4-7-23(38)16-20/h4,6-7,16,21-22,24-26,28-31,42H,5,8-15,17-19H2,1-3H3,(H,39,44)/t24-,25+,26+,28-,29-,30-,31+,36-/m0/s1. The van der Waals surface area contributed by atoms with Crippen LogP contribution in [-0.2, 0) is 49.5 Å². The van der Waals surface area contributed by atoms with Gasteiger partial charge in [0.1, 0.15) is 41.5 Å². The number of amides is 2. The molecule has 0 unspecified atom stereocenters. The summed E-state index contributed by atoms with van der Waals surface area (Å²) >= 11 is 2.25. The van der Waals surface area contributed by atoms with Crippen molar-refractivity contribution in [1.82, 2.24) is 15.3 Å². The van der Waals surface area contributed by atoms with Gasteiger partial charge >= 0.3 is 11.9 Å². The smallest absolute Gasteiger partial charge is 0.327 e. The topological polar surface area (TPSA) is 153 Å². The van der Waals surface area contributed by atoms with Gasteiger partial charge in [-0.2, -0.15) is 5.06 Å². The van der Waals surface area contributed by atoms with Gasteiger partial charge in [-0.1, -0.05) is 12.1 Å². The van der Waals surface area contributed by atoms with Gasteiger partial charge in [-0.3, -0.25) is 24.0 Å². The minimum atomic E-state index is -1.37. The fraction of sp³-hybridized carbons (Fsp3) is 0.730. The van der Waals surface area contributed by atoms with Crippen LogP contribution in [0, 0.1) is 20.8 Å². The van der Waals surface area contributed by atoms with Gasteiger partial charge in [0.05, 0.1) is 19.2 Å². The molecule has 7 fully saturated rings. The molecule has 8 atom stereocenters. The molecule has 2 bridgehead atoms. The normalized spacial score (nSPS) is 34.5. The SMILES string of the molecule is CC(C)(C)OC(=O)CC[C@@H](CO)NC(=O)[C@H]1CCCN1C(=O)[C@@]12C[C@H]3OC(=O)[C@@H]1N(Cc1cccc(I)c1)O[C@@H]2[C@H]1OC(C2CC2)(C2CC2)O[C@H]13. The van der Waals surface area contributed by atoms with E-state index >= 15 is 4.79 Å². The number of carbonyl (C=O) groups is 4. The van der Waals surface area contributed by atoms with Crippen molar-refractivity contribution in [1.29, 1.82) is 0 Å². The minimum Gasteiger partial charge on any atom is -0.460 e. The lowest BCUT2D eigenvalue weighted by molar-refractivity contribution is -0.235. The Morgan fingerprint density at radius 1 is 1.10 bits per heavy atom. The number of hydrogen-bond donors (Lipinski definition) is 2. The van der Waals surface area contributed by atoms with E-state index in [0.717, 1.165) is 34.8 Å². The van der Waals surface area contributed by atoms with Gasteiger partial charge in [-0.05, 0) is 106 Å². The lowest BCUT2D eigenvalue weighted by atomic mass is 9.62. The number of carbonyl (C=O) groups excluding carboxylic acids is 4. The Morgan fingerprint density at radius 3 is 2.49 bits per heavy atom. The van der Waals surface area contributed by atoms with Gasteiger partial charge in [0.25, 0.3) is 0 Å². The fourth-order valence-electron chi connectivity index (χ4n) is 9.20. The number of aliphatic hydroxyl groups is 1. The number of hydrogen-bond acceptors (Lipinski definition) is 11. The molecule has 7 aliphatic rings. The van der Waals surface area contributed by atoms with E-state index in [0.29, 0.717) is 19.4 Å². The quantitative estimate of drug-likeness (QED) is 0.251. The Labute approximate surface area is 311 Å². The minimum absolute atomic E-state index is 0.0214. The molecule has 4 aliphatic heterocycles. The Kier molecular flexibility index (Phi) is 9.22.